The first-order valence-electron chi connectivity index (χ1n) is 6.92. The average molecular weight is 294 g/mol. The first-order chi connectivity index (χ1) is 10.0. The molecule has 0 bridgehead atoms. The number of aliphatic hydroxyl groups is 1. The number of ether oxygens (including phenoxy) is 1. The van der Waals surface area contributed by atoms with Crippen LogP contribution in [0, 0.1) is 0 Å². The van der Waals surface area contributed by atoms with Gasteiger partial charge in [-0.05, 0) is 43.5 Å². The van der Waals surface area contributed by atoms with Crippen LogP contribution in [0.25, 0.3) is 0 Å². The molecule has 0 aliphatic heterocycles. The van der Waals surface area contributed by atoms with Crippen LogP contribution >= 0.6 is 0 Å². The third-order valence-electron chi connectivity index (χ3n) is 2.98. The van der Waals surface area contributed by atoms with Gasteiger partial charge < -0.3 is 20.5 Å². The maximum Gasteiger partial charge on any atom is 0.255 e. The van der Waals surface area contributed by atoms with Crippen LogP contribution in [-0.2, 0) is 4.79 Å². The van der Waals surface area contributed by atoms with Gasteiger partial charge >= 0.3 is 0 Å². The minimum absolute atomic E-state index is 0.0690. The molecule has 0 saturated heterocycles. The Bertz CT molecular complexity index is 459. The summed E-state index contributed by atoms with van der Waals surface area (Å²) >= 11 is 0. The number of hydrogen-bond acceptors (Lipinski definition) is 4. The Kier molecular flexibility index (Phi) is 7.25. The Balaban J connectivity index is 2.48. The standard InChI is InChI=1S/C15H22N2O4/c1-17(9-3-2-4-10-18)15(20)12-5-7-13(8-6-12)21-11-14(16)19/h5-8,18H,2-4,9-11H2,1H3,(H2,16,19). The number of unbranched alkanes of at least 4 members (excludes halogenated alkanes) is 2. The predicted molar refractivity (Wildman–Crippen MR) is 79.0 cm³/mol. The molecule has 0 aromatic heterocycles. The van der Waals surface area contributed by atoms with Crippen molar-refractivity contribution in [3.05, 3.63) is 29.8 Å². The van der Waals surface area contributed by atoms with Crippen LogP contribution in [0.4, 0.5) is 0 Å². The smallest absolute Gasteiger partial charge is 0.255 e. The van der Waals surface area contributed by atoms with Crippen LogP contribution in [0.1, 0.15) is 29.6 Å². The van der Waals surface area contributed by atoms with Crippen molar-refractivity contribution < 1.29 is 19.4 Å². The highest BCUT2D eigenvalue weighted by molar-refractivity contribution is 5.94. The van der Waals surface area contributed by atoms with E-state index >= 15 is 0 Å². The molecule has 0 radical (unpaired) electrons. The number of amides is 2. The lowest BCUT2D eigenvalue weighted by atomic mass is 10.2. The fourth-order valence-electron chi connectivity index (χ4n) is 1.81. The summed E-state index contributed by atoms with van der Waals surface area (Å²) in [6.45, 7) is 0.654. The van der Waals surface area contributed by atoms with Crippen LogP contribution in [0.15, 0.2) is 24.3 Å². The van der Waals surface area contributed by atoms with Gasteiger partial charge in [-0.2, -0.15) is 0 Å². The molecule has 1 rings (SSSR count). The van der Waals surface area contributed by atoms with E-state index in [1.165, 1.54) is 0 Å². The monoisotopic (exact) mass is 294 g/mol. The summed E-state index contributed by atoms with van der Waals surface area (Å²) in [6, 6.07) is 6.58. The van der Waals surface area contributed by atoms with Gasteiger partial charge in [-0.3, -0.25) is 9.59 Å². The lowest BCUT2D eigenvalue weighted by Gasteiger charge is -2.17. The minimum atomic E-state index is -0.544. The Labute approximate surface area is 124 Å². The second-order valence-corrected chi connectivity index (χ2v) is 4.79. The van der Waals surface area contributed by atoms with E-state index in [1.54, 1.807) is 36.2 Å². The number of carbonyl (C=O) groups excluding carboxylic acids is 2. The molecule has 0 aliphatic rings. The molecule has 21 heavy (non-hydrogen) atoms. The van der Waals surface area contributed by atoms with E-state index in [0.29, 0.717) is 17.9 Å². The first-order valence-corrected chi connectivity index (χ1v) is 6.92. The zero-order valence-corrected chi connectivity index (χ0v) is 12.2. The van der Waals surface area contributed by atoms with Gasteiger partial charge in [0.05, 0.1) is 0 Å². The Morgan fingerprint density at radius 1 is 1.19 bits per heavy atom. The topological polar surface area (TPSA) is 92.9 Å². The van der Waals surface area contributed by atoms with E-state index in [0.717, 1.165) is 19.3 Å². The Hall–Kier alpha value is -2.08. The summed E-state index contributed by atoms with van der Waals surface area (Å²) in [5.74, 6) is -0.117. The number of primary amides is 1. The minimum Gasteiger partial charge on any atom is -0.484 e. The lowest BCUT2D eigenvalue weighted by Crippen LogP contribution is -2.27. The zero-order chi connectivity index (χ0) is 15.7. The van der Waals surface area contributed by atoms with E-state index < -0.39 is 5.91 Å². The highest BCUT2D eigenvalue weighted by atomic mass is 16.5. The summed E-state index contributed by atoms with van der Waals surface area (Å²) < 4.78 is 5.13. The number of nitrogens with zero attached hydrogens (tertiary/aromatic N) is 1. The van der Waals surface area contributed by atoms with Crippen molar-refractivity contribution in [2.45, 2.75) is 19.3 Å². The van der Waals surface area contributed by atoms with Crippen LogP contribution in [0.3, 0.4) is 0 Å². The van der Waals surface area contributed by atoms with Crippen LogP contribution in [-0.4, -0.2) is 48.6 Å². The van der Waals surface area contributed by atoms with Crippen molar-refractivity contribution in [2.24, 2.45) is 5.73 Å². The third-order valence-corrected chi connectivity index (χ3v) is 2.98. The van der Waals surface area contributed by atoms with E-state index in [9.17, 15) is 9.59 Å². The van der Waals surface area contributed by atoms with Crippen LogP contribution < -0.4 is 10.5 Å². The SMILES string of the molecule is CN(CCCCCO)C(=O)c1ccc(OCC(N)=O)cc1. The molecule has 116 valence electrons. The molecule has 1 aromatic rings. The number of rotatable bonds is 9. The number of nitrogens with two attached hydrogens (primary N) is 1. The number of benzene rings is 1. The van der Waals surface area contributed by atoms with Crippen molar-refractivity contribution in [3.8, 4) is 5.75 Å². The predicted octanol–water partition coefficient (Wildman–Crippen LogP) is 0.785. The van der Waals surface area contributed by atoms with Gasteiger partial charge in [-0.15, -0.1) is 0 Å². The lowest BCUT2D eigenvalue weighted by molar-refractivity contribution is -0.119. The maximum atomic E-state index is 12.1. The first kappa shape index (κ1) is 17.0. The maximum absolute atomic E-state index is 12.1. The molecular weight excluding hydrogens is 272 g/mol. The molecule has 0 saturated carbocycles. The Morgan fingerprint density at radius 3 is 2.43 bits per heavy atom. The Morgan fingerprint density at radius 2 is 1.86 bits per heavy atom. The van der Waals surface area contributed by atoms with Gasteiger partial charge in [0.2, 0.25) is 0 Å². The van der Waals surface area contributed by atoms with Gasteiger partial charge in [0.1, 0.15) is 5.75 Å². The highest BCUT2D eigenvalue weighted by Gasteiger charge is 2.11. The third kappa shape index (κ3) is 6.27. The second kappa shape index (κ2) is 8.97. The molecule has 6 heteroatoms. The summed E-state index contributed by atoms with van der Waals surface area (Å²) in [7, 11) is 1.75. The second-order valence-electron chi connectivity index (χ2n) is 4.79. The van der Waals surface area contributed by atoms with Crippen molar-refractivity contribution in [1.29, 1.82) is 0 Å². The van der Waals surface area contributed by atoms with Crippen molar-refractivity contribution in [1.82, 2.24) is 4.90 Å². The highest BCUT2D eigenvalue weighted by Crippen LogP contribution is 2.13. The zero-order valence-electron chi connectivity index (χ0n) is 12.2. The fraction of sp³-hybridized carbons (Fsp3) is 0.467. The molecule has 0 heterocycles. The van der Waals surface area contributed by atoms with Crippen molar-refractivity contribution in [2.75, 3.05) is 26.8 Å². The molecule has 1 aromatic carbocycles. The molecule has 6 nitrogen and oxygen atoms in total. The van der Waals surface area contributed by atoms with E-state index in [-0.39, 0.29) is 19.1 Å². The van der Waals surface area contributed by atoms with E-state index in [4.69, 9.17) is 15.6 Å². The molecule has 3 N–H and O–H groups in total. The summed E-state index contributed by atoms with van der Waals surface area (Å²) in [5, 5.41) is 8.70. The largest absolute Gasteiger partial charge is 0.484 e. The molecule has 0 aliphatic carbocycles. The number of aliphatic hydroxyl groups excluding tert-OH is 1. The van der Waals surface area contributed by atoms with E-state index in [2.05, 4.69) is 0 Å². The van der Waals surface area contributed by atoms with Crippen molar-refractivity contribution >= 4 is 11.8 Å². The molecular formula is C15H22N2O4. The summed E-state index contributed by atoms with van der Waals surface area (Å²) in [4.78, 5) is 24.4. The van der Waals surface area contributed by atoms with Gasteiger partial charge in [0, 0.05) is 25.8 Å². The summed E-state index contributed by atoms with van der Waals surface area (Å²) in [5.41, 5.74) is 5.55. The van der Waals surface area contributed by atoms with Gasteiger partial charge in [0.25, 0.3) is 11.8 Å². The molecule has 0 atom stereocenters. The average Bonchev–Trinajstić information content (AvgIpc) is 2.49. The molecule has 0 fully saturated rings. The quantitative estimate of drug-likeness (QED) is 0.658. The van der Waals surface area contributed by atoms with Crippen molar-refractivity contribution in [3.63, 3.8) is 0 Å². The molecule has 0 spiro atoms. The van der Waals surface area contributed by atoms with Gasteiger partial charge in [-0.1, -0.05) is 0 Å². The fourth-order valence-corrected chi connectivity index (χ4v) is 1.81. The summed E-state index contributed by atoms with van der Waals surface area (Å²) in [6.07, 6.45) is 2.52. The van der Waals surface area contributed by atoms with Crippen LogP contribution in [0.5, 0.6) is 5.75 Å². The molecule has 2 amide bonds. The number of carbonyl (C=O) groups is 2. The van der Waals surface area contributed by atoms with E-state index in [1.807, 2.05) is 0 Å². The molecule has 0 unspecified atom stereocenters. The van der Waals surface area contributed by atoms with Gasteiger partial charge in [0.15, 0.2) is 6.61 Å². The van der Waals surface area contributed by atoms with Gasteiger partial charge in [-0.25, -0.2) is 0 Å². The van der Waals surface area contributed by atoms with Crippen LogP contribution in [0.2, 0.25) is 0 Å². The number of hydrogen-bond donors (Lipinski definition) is 2. The normalized spacial score (nSPS) is 10.2.